The van der Waals surface area contributed by atoms with Gasteiger partial charge in [-0.05, 0) is 79.9 Å². The SMILES string of the molecule is C[C@H](C(=O)NC(=O)[C@H](Cc1ccc(OCc2ccccc2)cc1)NC(=O)OCc1ccccc1)N(C)CCCc1ccc(C(F)(F)F)cc1. The van der Waals surface area contributed by atoms with Gasteiger partial charge in [0.05, 0.1) is 11.6 Å². The van der Waals surface area contributed by atoms with Crippen molar-refractivity contribution >= 4 is 17.9 Å². The minimum absolute atomic E-state index is 0.00168. The third-order valence-corrected chi connectivity index (χ3v) is 7.98. The quantitative estimate of drug-likeness (QED) is 0.145. The van der Waals surface area contributed by atoms with Gasteiger partial charge in [-0.1, -0.05) is 84.9 Å². The molecule has 3 amide bonds. The third-order valence-electron chi connectivity index (χ3n) is 7.98. The normalized spacial score (nSPS) is 12.5. The highest BCUT2D eigenvalue weighted by atomic mass is 19.4. The van der Waals surface area contributed by atoms with Gasteiger partial charge in [0, 0.05) is 6.42 Å². The molecule has 0 aliphatic carbocycles. The summed E-state index contributed by atoms with van der Waals surface area (Å²) in [5, 5.41) is 5.01. The maximum atomic E-state index is 13.4. The van der Waals surface area contributed by atoms with Crippen LogP contribution in [0.15, 0.2) is 109 Å². The molecule has 11 heteroatoms. The van der Waals surface area contributed by atoms with E-state index in [0.717, 1.165) is 34.4 Å². The highest BCUT2D eigenvalue weighted by molar-refractivity contribution is 6.00. The number of hydrogen-bond acceptors (Lipinski definition) is 6. The number of hydrogen-bond donors (Lipinski definition) is 2. The lowest BCUT2D eigenvalue weighted by atomic mass is 10.0. The molecular weight excluding hydrogens is 635 g/mol. The van der Waals surface area contributed by atoms with Gasteiger partial charge < -0.3 is 14.8 Å². The van der Waals surface area contributed by atoms with Crippen LogP contribution in [0.3, 0.4) is 0 Å². The Morgan fingerprint density at radius 3 is 1.90 bits per heavy atom. The predicted molar refractivity (Wildman–Crippen MR) is 179 cm³/mol. The van der Waals surface area contributed by atoms with E-state index in [1.54, 1.807) is 55.3 Å². The van der Waals surface area contributed by atoms with E-state index in [0.29, 0.717) is 31.7 Å². The second-order valence-electron chi connectivity index (χ2n) is 11.7. The van der Waals surface area contributed by atoms with Gasteiger partial charge in [0.15, 0.2) is 0 Å². The first-order valence-electron chi connectivity index (χ1n) is 15.9. The van der Waals surface area contributed by atoms with E-state index in [4.69, 9.17) is 9.47 Å². The fraction of sp³-hybridized carbons (Fsp3) is 0.289. The number of nitrogens with one attached hydrogen (secondary N) is 2. The number of likely N-dealkylation sites (N-methyl/N-ethyl adjacent to an activating group) is 1. The van der Waals surface area contributed by atoms with Crippen LogP contribution in [-0.4, -0.2) is 48.5 Å². The maximum Gasteiger partial charge on any atom is 0.416 e. The molecule has 49 heavy (non-hydrogen) atoms. The largest absolute Gasteiger partial charge is 0.489 e. The first-order chi connectivity index (χ1) is 23.5. The van der Waals surface area contributed by atoms with Crippen LogP contribution in [0.4, 0.5) is 18.0 Å². The molecule has 4 rings (SSSR count). The lowest BCUT2D eigenvalue weighted by Gasteiger charge is -2.25. The van der Waals surface area contributed by atoms with Gasteiger partial charge in [-0.25, -0.2) is 4.79 Å². The van der Waals surface area contributed by atoms with E-state index in [1.165, 1.54) is 12.1 Å². The van der Waals surface area contributed by atoms with Crippen LogP contribution in [0, 0.1) is 0 Å². The number of ether oxygens (including phenoxy) is 2. The van der Waals surface area contributed by atoms with Crippen LogP contribution in [0.25, 0.3) is 0 Å². The topological polar surface area (TPSA) is 97.0 Å². The molecule has 0 saturated carbocycles. The van der Waals surface area contributed by atoms with Crippen LogP contribution < -0.4 is 15.4 Å². The Morgan fingerprint density at radius 2 is 1.31 bits per heavy atom. The van der Waals surface area contributed by atoms with Crippen molar-refractivity contribution in [2.45, 2.75) is 57.7 Å². The molecule has 4 aromatic carbocycles. The summed E-state index contributed by atoms with van der Waals surface area (Å²) in [4.78, 5) is 41.0. The molecule has 0 saturated heterocycles. The average Bonchev–Trinajstić information content (AvgIpc) is 3.10. The van der Waals surface area contributed by atoms with Crippen molar-refractivity contribution < 1.29 is 37.0 Å². The fourth-order valence-electron chi connectivity index (χ4n) is 4.91. The number of amides is 3. The number of carbonyl (C=O) groups is 3. The summed E-state index contributed by atoms with van der Waals surface area (Å²) < 4.78 is 49.7. The van der Waals surface area contributed by atoms with Gasteiger partial charge in [-0.3, -0.25) is 19.8 Å². The second kappa shape index (κ2) is 17.8. The minimum Gasteiger partial charge on any atom is -0.489 e. The zero-order valence-corrected chi connectivity index (χ0v) is 27.4. The van der Waals surface area contributed by atoms with Gasteiger partial charge in [-0.2, -0.15) is 13.2 Å². The maximum absolute atomic E-state index is 13.4. The van der Waals surface area contributed by atoms with Gasteiger partial charge >= 0.3 is 12.3 Å². The molecule has 0 aromatic heterocycles. The molecule has 0 aliphatic heterocycles. The number of nitrogens with zero attached hydrogens (tertiary/aromatic N) is 1. The molecule has 0 fully saturated rings. The number of alkyl carbamates (subject to hydrolysis) is 1. The van der Waals surface area contributed by atoms with E-state index in [9.17, 15) is 27.6 Å². The van der Waals surface area contributed by atoms with Gasteiger partial charge in [-0.15, -0.1) is 0 Å². The van der Waals surface area contributed by atoms with E-state index in [2.05, 4.69) is 10.6 Å². The summed E-state index contributed by atoms with van der Waals surface area (Å²) >= 11 is 0. The lowest BCUT2D eigenvalue weighted by Crippen LogP contribution is -2.53. The summed E-state index contributed by atoms with van der Waals surface area (Å²) in [6.45, 7) is 2.49. The zero-order valence-electron chi connectivity index (χ0n) is 27.4. The van der Waals surface area contributed by atoms with E-state index in [-0.39, 0.29) is 13.0 Å². The highest BCUT2D eigenvalue weighted by Gasteiger charge is 2.30. The number of benzene rings is 4. The van der Waals surface area contributed by atoms with Crippen LogP contribution in [0.5, 0.6) is 5.75 Å². The number of alkyl halides is 3. The molecular formula is C38H40F3N3O5. The highest BCUT2D eigenvalue weighted by Crippen LogP contribution is 2.29. The zero-order chi connectivity index (χ0) is 35.2. The molecule has 2 N–H and O–H groups in total. The molecule has 0 bridgehead atoms. The number of aryl methyl sites for hydroxylation is 1. The molecule has 4 aromatic rings. The van der Waals surface area contributed by atoms with Crippen molar-refractivity contribution in [3.8, 4) is 5.75 Å². The summed E-state index contributed by atoms with van der Waals surface area (Å²) in [6.07, 6.45) is -4.03. The second-order valence-corrected chi connectivity index (χ2v) is 11.7. The molecule has 258 valence electrons. The monoisotopic (exact) mass is 675 g/mol. The van der Waals surface area contributed by atoms with E-state index < -0.39 is 41.7 Å². The molecule has 0 aliphatic rings. The van der Waals surface area contributed by atoms with Gasteiger partial charge in [0.2, 0.25) is 11.8 Å². The van der Waals surface area contributed by atoms with Crippen molar-refractivity contribution in [2.75, 3.05) is 13.6 Å². The van der Waals surface area contributed by atoms with Crippen LogP contribution in [0.2, 0.25) is 0 Å². The minimum atomic E-state index is -4.39. The molecule has 8 nitrogen and oxygen atoms in total. The molecule has 0 radical (unpaired) electrons. The number of imide groups is 1. The molecule has 2 atom stereocenters. The standard InChI is InChI=1S/C38H40F3N3O5/c1-27(44(2)23-9-14-28-15-19-32(20-16-28)38(39,40)41)35(45)43-36(46)34(42-37(47)49-26-31-12-7-4-8-13-31)24-29-17-21-33(22-18-29)48-25-30-10-5-3-6-11-30/h3-8,10-13,15-22,27,34H,9,14,23-26H2,1-2H3,(H,42,47)(H,43,45,46)/t27-,34+/m1/s1. The van der Waals surface area contributed by atoms with Gasteiger partial charge in [0.25, 0.3) is 0 Å². The first kappa shape index (κ1) is 36.7. The van der Waals surface area contributed by atoms with Crippen molar-refractivity contribution in [3.63, 3.8) is 0 Å². The third kappa shape index (κ3) is 12.1. The Kier molecular flexibility index (Phi) is 13.4. The summed E-state index contributed by atoms with van der Waals surface area (Å²) in [5.41, 5.74) is 2.56. The van der Waals surface area contributed by atoms with Crippen molar-refractivity contribution in [3.05, 3.63) is 137 Å². The number of rotatable bonds is 15. The van der Waals surface area contributed by atoms with Gasteiger partial charge in [0.1, 0.15) is 25.0 Å². The van der Waals surface area contributed by atoms with Crippen LogP contribution >= 0.6 is 0 Å². The number of halogens is 3. The van der Waals surface area contributed by atoms with Crippen LogP contribution in [0.1, 0.15) is 41.2 Å². The Hall–Kier alpha value is -5.16. The van der Waals surface area contributed by atoms with Crippen molar-refractivity contribution in [1.82, 2.24) is 15.5 Å². The summed E-state index contributed by atoms with van der Waals surface area (Å²) in [7, 11) is 1.72. The fourth-order valence-corrected chi connectivity index (χ4v) is 4.91. The Bertz CT molecular complexity index is 1630. The van der Waals surface area contributed by atoms with Crippen molar-refractivity contribution in [1.29, 1.82) is 0 Å². The molecule has 0 spiro atoms. The molecule has 0 heterocycles. The summed E-state index contributed by atoms with van der Waals surface area (Å²) in [5.74, 6) is -0.624. The van der Waals surface area contributed by atoms with Crippen molar-refractivity contribution in [2.24, 2.45) is 0 Å². The van der Waals surface area contributed by atoms with Crippen LogP contribution in [-0.2, 0) is 46.6 Å². The van der Waals surface area contributed by atoms with E-state index in [1.807, 2.05) is 48.5 Å². The first-order valence-corrected chi connectivity index (χ1v) is 15.9. The molecule has 0 unspecified atom stereocenters. The average molecular weight is 676 g/mol. The smallest absolute Gasteiger partial charge is 0.416 e. The Labute approximate surface area is 284 Å². The lowest BCUT2D eigenvalue weighted by molar-refractivity contribution is -0.137. The Morgan fingerprint density at radius 1 is 0.735 bits per heavy atom. The van der Waals surface area contributed by atoms with E-state index >= 15 is 0 Å². The Balaban J connectivity index is 1.33. The summed E-state index contributed by atoms with van der Waals surface area (Å²) in [6, 6.07) is 29.1. The predicted octanol–water partition coefficient (Wildman–Crippen LogP) is 6.72. The number of carbonyl (C=O) groups excluding carboxylic acids is 3.